The number of halogens is 1. The Labute approximate surface area is 136 Å². The Bertz CT molecular complexity index is 590. The molecule has 2 heterocycles. The van der Waals surface area contributed by atoms with E-state index in [1.54, 1.807) is 0 Å². The van der Waals surface area contributed by atoms with Gasteiger partial charge in [0.25, 0.3) is 0 Å². The summed E-state index contributed by atoms with van der Waals surface area (Å²) in [6.07, 6.45) is 4.10. The van der Waals surface area contributed by atoms with Crippen molar-refractivity contribution < 1.29 is 4.52 Å². The van der Waals surface area contributed by atoms with Gasteiger partial charge in [0.1, 0.15) is 0 Å². The number of rotatable bonds is 5. The SMILES string of the molecule is CC(Cc1nc(Cc2ccc(Cl)cc2)no1)C1CCCNC1. The summed E-state index contributed by atoms with van der Waals surface area (Å²) in [4.78, 5) is 4.53. The lowest BCUT2D eigenvalue weighted by molar-refractivity contribution is 0.256. The van der Waals surface area contributed by atoms with E-state index in [2.05, 4.69) is 22.4 Å². The second kappa shape index (κ2) is 7.25. The van der Waals surface area contributed by atoms with Crippen LogP contribution in [0.2, 0.25) is 5.02 Å². The largest absolute Gasteiger partial charge is 0.339 e. The number of piperidine rings is 1. The lowest BCUT2D eigenvalue weighted by atomic mass is 9.85. The molecule has 1 aromatic carbocycles. The lowest BCUT2D eigenvalue weighted by Gasteiger charge is -2.27. The fourth-order valence-corrected chi connectivity index (χ4v) is 3.16. The monoisotopic (exact) mass is 319 g/mol. The molecule has 3 rings (SSSR count). The summed E-state index contributed by atoms with van der Waals surface area (Å²) in [5.74, 6) is 2.77. The molecule has 1 aromatic heterocycles. The molecule has 2 unspecified atom stereocenters. The highest BCUT2D eigenvalue weighted by molar-refractivity contribution is 6.30. The van der Waals surface area contributed by atoms with Crippen molar-refractivity contribution in [3.63, 3.8) is 0 Å². The average Bonchev–Trinajstić information content (AvgIpc) is 2.97. The molecule has 22 heavy (non-hydrogen) atoms. The molecule has 0 spiro atoms. The first kappa shape index (κ1) is 15.5. The van der Waals surface area contributed by atoms with Gasteiger partial charge in [-0.05, 0) is 55.5 Å². The summed E-state index contributed by atoms with van der Waals surface area (Å²) in [6.45, 7) is 4.53. The Morgan fingerprint density at radius 1 is 1.36 bits per heavy atom. The van der Waals surface area contributed by atoms with E-state index in [1.807, 2.05) is 24.3 Å². The summed E-state index contributed by atoms with van der Waals surface area (Å²) in [7, 11) is 0. The first-order chi connectivity index (χ1) is 10.7. The molecule has 2 aromatic rings. The first-order valence-electron chi connectivity index (χ1n) is 7.97. The number of nitrogens with zero attached hydrogens (tertiary/aromatic N) is 2. The molecule has 0 saturated carbocycles. The second-order valence-electron chi connectivity index (χ2n) is 6.20. The van der Waals surface area contributed by atoms with Gasteiger partial charge >= 0.3 is 0 Å². The van der Waals surface area contributed by atoms with Crippen LogP contribution in [0, 0.1) is 11.8 Å². The predicted octanol–water partition coefficient (Wildman–Crippen LogP) is 3.49. The first-order valence-corrected chi connectivity index (χ1v) is 8.35. The summed E-state index contributed by atoms with van der Waals surface area (Å²) < 4.78 is 5.41. The third kappa shape index (κ3) is 4.08. The number of hydrogen-bond acceptors (Lipinski definition) is 4. The van der Waals surface area contributed by atoms with Crippen LogP contribution in [0.4, 0.5) is 0 Å². The minimum absolute atomic E-state index is 0.566. The minimum atomic E-state index is 0.566. The fraction of sp³-hybridized carbons (Fsp3) is 0.529. The molecule has 1 fully saturated rings. The van der Waals surface area contributed by atoms with Crippen molar-refractivity contribution in [1.29, 1.82) is 0 Å². The molecular formula is C17H22ClN3O. The zero-order chi connectivity index (χ0) is 15.4. The van der Waals surface area contributed by atoms with Gasteiger partial charge in [0.05, 0.1) is 0 Å². The van der Waals surface area contributed by atoms with E-state index in [1.165, 1.54) is 12.8 Å². The highest BCUT2D eigenvalue weighted by Gasteiger charge is 2.22. The molecule has 1 saturated heterocycles. The van der Waals surface area contributed by atoms with Gasteiger partial charge in [0, 0.05) is 17.9 Å². The van der Waals surface area contributed by atoms with Gasteiger partial charge in [-0.3, -0.25) is 0 Å². The Balaban J connectivity index is 1.57. The van der Waals surface area contributed by atoms with E-state index in [0.717, 1.165) is 41.8 Å². The zero-order valence-electron chi connectivity index (χ0n) is 12.9. The Hall–Kier alpha value is -1.39. The molecule has 0 aliphatic carbocycles. The topological polar surface area (TPSA) is 51.0 Å². The number of aromatic nitrogens is 2. The van der Waals surface area contributed by atoms with Gasteiger partial charge in [-0.15, -0.1) is 0 Å². The van der Waals surface area contributed by atoms with Crippen LogP contribution < -0.4 is 5.32 Å². The molecule has 0 amide bonds. The highest BCUT2D eigenvalue weighted by Crippen LogP contribution is 2.23. The standard InChI is InChI=1S/C17H22ClN3O/c1-12(14-3-2-8-19-11-14)9-17-20-16(21-22-17)10-13-4-6-15(18)7-5-13/h4-7,12,14,19H,2-3,8-11H2,1H3. The van der Waals surface area contributed by atoms with Crippen LogP contribution in [0.5, 0.6) is 0 Å². The average molecular weight is 320 g/mol. The molecule has 4 nitrogen and oxygen atoms in total. The van der Waals surface area contributed by atoms with Crippen LogP contribution in [0.3, 0.4) is 0 Å². The van der Waals surface area contributed by atoms with E-state index < -0.39 is 0 Å². The molecule has 2 atom stereocenters. The van der Waals surface area contributed by atoms with Crippen molar-refractivity contribution in [2.24, 2.45) is 11.8 Å². The Morgan fingerprint density at radius 2 is 2.18 bits per heavy atom. The predicted molar refractivity (Wildman–Crippen MR) is 87.0 cm³/mol. The van der Waals surface area contributed by atoms with Crippen molar-refractivity contribution in [1.82, 2.24) is 15.5 Å². The Morgan fingerprint density at radius 3 is 2.91 bits per heavy atom. The van der Waals surface area contributed by atoms with E-state index >= 15 is 0 Å². The summed E-state index contributed by atoms with van der Waals surface area (Å²) >= 11 is 5.89. The van der Waals surface area contributed by atoms with Crippen molar-refractivity contribution in [2.45, 2.75) is 32.6 Å². The molecule has 0 bridgehead atoms. The fourth-order valence-electron chi connectivity index (χ4n) is 3.04. The van der Waals surface area contributed by atoms with Crippen molar-refractivity contribution in [3.05, 3.63) is 46.6 Å². The van der Waals surface area contributed by atoms with E-state index in [-0.39, 0.29) is 0 Å². The third-order valence-electron chi connectivity index (χ3n) is 4.42. The number of hydrogen-bond donors (Lipinski definition) is 1. The van der Waals surface area contributed by atoms with Gasteiger partial charge < -0.3 is 9.84 Å². The van der Waals surface area contributed by atoms with Crippen LogP contribution in [0.1, 0.15) is 37.0 Å². The van der Waals surface area contributed by atoms with Gasteiger partial charge in [-0.2, -0.15) is 4.98 Å². The molecule has 0 radical (unpaired) electrons. The normalized spacial score (nSPS) is 20.0. The molecular weight excluding hydrogens is 298 g/mol. The molecule has 5 heteroatoms. The van der Waals surface area contributed by atoms with Crippen LogP contribution in [-0.2, 0) is 12.8 Å². The lowest BCUT2D eigenvalue weighted by Crippen LogP contribution is -2.33. The van der Waals surface area contributed by atoms with Gasteiger partial charge in [-0.1, -0.05) is 35.8 Å². The summed E-state index contributed by atoms with van der Waals surface area (Å²) in [5, 5.41) is 8.31. The maximum absolute atomic E-state index is 5.89. The summed E-state index contributed by atoms with van der Waals surface area (Å²) in [5.41, 5.74) is 1.14. The highest BCUT2D eigenvalue weighted by atomic mass is 35.5. The van der Waals surface area contributed by atoms with Crippen LogP contribution in [0.25, 0.3) is 0 Å². The summed E-state index contributed by atoms with van der Waals surface area (Å²) in [6, 6.07) is 7.76. The van der Waals surface area contributed by atoms with E-state index in [0.29, 0.717) is 18.3 Å². The molecule has 1 aliphatic rings. The van der Waals surface area contributed by atoms with Crippen LogP contribution >= 0.6 is 11.6 Å². The van der Waals surface area contributed by atoms with Crippen LogP contribution in [-0.4, -0.2) is 23.2 Å². The van der Waals surface area contributed by atoms with E-state index in [9.17, 15) is 0 Å². The van der Waals surface area contributed by atoms with Gasteiger partial charge in [0.15, 0.2) is 5.82 Å². The molecule has 1 aliphatic heterocycles. The number of nitrogens with one attached hydrogen (secondary N) is 1. The van der Waals surface area contributed by atoms with Crippen molar-refractivity contribution in [2.75, 3.05) is 13.1 Å². The quantitative estimate of drug-likeness (QED) is 0.916. The van der Waals surface area contributed by atoms with Crippen molar-refractivity contribution in [3.8, 4) is 0 Å². The molecule has 1 N–H and O–H groups in total. The van der Waals surface area contributed by atoms with Crippen LogP contribution in [0.15, 0.2) is 28.8 Å². The van der Waals surface area contributed by atoms with Crippen molar-refractivity contribution >= 4 is 11.6 Å². The maximum atomic E-state index is 5.89. The van der Waals surface area contributed by atoms with Gasteiger partial charge in [0.2, 0.25) is 5.89 Å². The zero-order valence-corrected chi connectivity index (χ0v) is 13.6. The number of benzene rings is 1. The Kier molecular flexibility index (Phi) is 5.11. The smallest absolute Gasteiger partial charge is 0.226 e. The van der Waals surface area contributed by atoms with E-state index in [4.69, 9.17) is 16.1 Å². The maximum Gasteiger partial charge on any atom is 0.226 e. The van der Waals surface area contributed by atoms with Gasteiger partial charge in [-0.25, -0.2) is 0 Å². The molecule has 118 valence electrons. The third-order valence-corrected chi connectivity index (χ3v) is 4.67. The minimum Gasteiger partial charge on any atom is -0.339 e. The second-order valence-corrected chi connectivity index (χ2v) is 6.63.